The van der Waals surface area contributed by atoms with E-state index in [1.54, 1.807) is 13.2 Å². The Morgan fingerprint density at radius 3 is 2.67 bits per heavy atom. The minimum Gasteiger partial charge on any atom is -0.496 e. The molecule has 80 valence electrons. The largest absolute Gasteiger partial charge is 0.496 e. The summed E-state index contributed by atoms with van der Waals surface area (Å²) in [6, 6.07) is 3.54. The highest BCUT2D eigenvalue weighted by Crippen LogP contribution is 2.36. The maximum absolute atomic E-state index is 11.9. The van der Waals surface area contributed by atoms with Gasteiger partial charge in [0.25, 0.3) is 0 Å². The van der Waals surface area contributed by atoms with Crippen molar-refractivity contribution in [3.05, 3.63) is 28.3 Å². The third-order valence-electron chi connectivity index (χ3n) is 2.69. The van der Waals surface area contributed by atoms with E-state index in [1.165, 1.54) is 0 Å². The molecule has 1 aromatic rings. The average Bonchev–Trinajstić information content (AvgIpc) is 3.04. The fraction of sp³-hybridized carbons (Fsp3) is 0.417. The predicted molar refractivity (Wildman–Crippen MR) is 59.8 cm³/mol. The molecule has 0 spiro atoms. The van der Waals surface area contributed by atoms with Gasteiger partial charge in [0.15, 0.2) is 5.78 Å². The number of benzene rings is 1. The van der Waals surface area contributed by atoms with Crippen LogP contribution in [0, 0.1) is 12.8 Å². The normalized spacial score (nSPS) is 15.1. The van der Waals surface area contributed by atoms with Crippen molar-refractivity contribution in [1.82, 2.24) is 0 Å². The van der Waals surface area contributed by atoms with Crippen LogP contribution in [0.4, 0.5) is 0 Å². The molecule has 1 aromatic carbocycles. The number of aryl methyl sites for hydroxylation is 1. The van der Waals surface area contributed by atoms with Gasteiger partial charge in [-0.1, -0.05) is 11.6 Å². The van der Waals surface area contributed by atoms with Gasteiger partial charge in [0.2, 0.25) is 0 Å². The molecule has 1 aliphatic rings. The maximum Gasteiger partial charge on any atom is 0.169 e. The van der Waals surface area contributed by atoms with Crippen molar-refractivity contribution in [3.8, 4) is 5.75 Å². The Hall–Kier alpha value is -1.02. The molecule has 0 saturated heterocycles. The first-order valence-electron chi connectivity index (χ1n) is 5.02. The van der Waals surface area contributed by atoms with E-state index < -0.39 is 0 Å². The van der Waals surface area contributed by atoms with E-state index in [0.29, 0.717) is 16.3 Å². The summed E-state index contributed by atoms with van der Waals surface area (Å²) in [5, 5.41) is 0.638. The van der Waals surface area contributed by atoms with Crippen molar-refractivity contribution in [3.63, 3.8) is 0 Å². The molecular formula is C12H13ClO2. The highest BCUT2D eigenvalue weighted by Gasteiger charge is 2.32. The first-order valence-corrected chi connectivity index (χ1v) is 5.39. The molecule has 1 saturated carbocycles. The van der Waals surface area contributed by atoms with Gasteiger partial charge < -0.3 is 4.74 Å². The highest BCUT2D eigenvalue weighted by molar-refractivity contribution is 6.31. The lowest BCUT2D eigenvalue weighted by molar-refractivity contribution is 0.0964. The van der Waals surface area contributed by atoms with Gasteiger partial charge in [-0.2, -0.15) is 0 Å². The van der Waals surface area contributed by atoms with Crippen molar-refractivity contribution in [2.24, 2.45) is 5.92 Å². The zero-order chi connectivity index (χ0) is 11.0. The van der Waals surface area contributed by atoms with Crippen molar-refractivity contribution in [2.75, 3.05) is 7.11 Å². The lowest BCUT2D eigenvalue weighted by Gasteiger charge is -2.09. The Kier molecular flexibility index (Phi) is 2.70. The summed E-state index contributed by atoms with van der Waals surface area (Å²) in [5.41, 5.74) is 1.59. The first-order chi connectivity index (χ1) is 7.13. The van der Waals surface area contributed by atoms with Crippen LogP contribution < -0.4 is 4.74 Å². The smallest absolute Gasteiger partial charge is 0.169 e. The molecule has 2 nitrogen and oxygen atoms in total. The summed E-state index contributed by atoms with van der Waals surface area (Å²) in [4.78, 5) is 11.9. The molecule has 3 heteroatoms. The van der Waals surface area contributed by atoms with Gasteiger partial charge in [-0.3, -0.25) is 4.79 Å². The third kappa shape index (κ3) is 2.00. The second kappa shape index (κ2) is 3.86. The van der Waals surface area contributed by atoms with Gasteiger partial charge in [0.05, 0.1) is 12.7 Å². The van der Waals surface area contributed by atoms with E-state index in [0.717, 1.165) is 18.4 Å². The van der Waals surface area contributed by atoms with E-state index in [-0.39, 0.29) is 11.7 Å². The molecule has 2 rings (SSSR count). The summed E-state index contributed by atoms with van der Waals surface area (Å²) in [5.74, 6) is 0.980. The Morgan fingerprint density at radius 2 is 2.13 bits per heavy atom. The van der Waals surface area contributed by atoms with Crippen LogP contribution in [0.1, 0.15) is 28.8 Å². The molecule has 0 heterocycles. The van der Waals surface area contributed by atoms with Gasteiger partial charge >= 0.3 is 0 Å². The number of methoxy groups -OCH3 is 1. The highest BCUT2D eigenvalue weighted by atomic mass is 35.5. The molecule has 0 aliphatic heterocycles. The Morgan fingerprint density at radius 1 is 1.47 bits per heavy atom. The van der Waals surface area contributed by atoms with Gasteiger partial charge in [-0.15, -0.1) is 0 Å². The van der Waals surface area contributed by atoms with E-state index >= 15 is 0 Å². The molecule has 1 fully saturated rings. The van der Waals surface area contributed by atoms with Crippen LogP contribution in [0.3, 0.4) is 0 Å². The number of Topliss-reactive ketones (excluding diaryl/α,β-unsaturated/α-hetero) is 1. The van der Waals surface area contributed by atoms with Gasteiger partial charge in [-0.25, -0.2) is 0 Å². The van der Waals surface area contributed by atoms with E-state index in [4.69, 9.17) is 16.3 Å². The van der Waals surface area contributed by atoms with E-state index in [1.807, 2.05) is 13.0 Å². The first kappa shape index (κ1) is 10.5. The SMILES string of the molecule is COc1cc(Cl)c(C)cc1C(=O)C1CC1. The van der Waals surface area contributed by atoms with E-state index in [2.05, 4.69) is 0 Å². The van der Waals surface area contributed by atoms with Gasteiger partial charge in [0, 0.05) is 10.9 Å². The standard InChI is InChI=1S/C12H13ClO2/c1-7-5-9(12(14)8-3-4-8)11(15-2)6-10(7)13/h5-6,8H,3-4H2,1-2H3. The molecular weight excluding hydrogens is 212 g/mol. The number of carbonyl (C=O) groups is 1. The summed E-state index contributed by atoms with van der Waals surface area (Å²) < 4.78 is 5.17. The van der Waals surface area contributed by atoms with Crippen molar-refractivity contribution < 1.29 is 9.53 Å². The lowest BCUT2D eigenvalue weighted by Crippen LogP contribution is -2.04. The minimum absolute atomic E-state index is 0.187. The van der Waals surface area contributed by atoms with Crippen LogP contribution >= 0.6 is 11.6 Å². The number of ketones is 1. The fourth-order valence-electron chi connectivity index (χ4n) is 1.59. The van der Waals surface area contributed by atoms with Crippen LogP contribution in [-0.4, -0.2) is 12.9 Å². The zero-order valence-corrected chi connectivity index (χ0v) is 9.60. The van der Waals surface area contributed by atoms with Crippen LogP contribution in [-0.2, 0) is 0 Å². The van der Waals surface area contributed by atoms with Gasteiger partial charge in [-0.05, 0) is 37.5 Å². The second-order valence-corrected chi connectivity index (χ2v) is 4.35. The fourth-order valence-corrected chi connectivity index (χ4v) is 1.74. The van der Waals surface area contributed by atoms with E-state index in [9.17, 15) is 4.79 Å². The van der Waals surface area contributed by atoms with Crippen LogP contribution in [0.15, 0.2) is 12.1 Å². The minimum atomic E-state index is 0.187. The number of hydrogen-bond acceptors (Lipinski definition) is 2. The van der Waals surface area contributed by atoms with Crippen LogP contribution in [0.2, 0.25) is 5.02 Å². The molecule has 0 aromatic heterocycles. The molecule has 0 unspecified atom stereocenters. The third-order valence-corrected chi connectivity index (χ3v) is 3.10. The van der Waals surface area contributed by atoms with Crippen molar-refractivity contribution in [1.29, 1.82) is 0 Å². The summed E-state index contributed by atoms with van der Waals surface area (Å²) in [6.45, 7) is 1.89. The number of carbonyl (C=O) groups excluding carboxylic acids is 1. The molecule has 15 heavy (non-hydrogen) atoms. The Bertz CT molecular complexity index is 408. The Labute approximate surface area is 94.2 Å². The average molecular weight is 225 g/mol. The summed E-state index contributed by atoms with van der Waals surface area (Å²) in [7, 11) is 1.56. The topological polar surface area (TPSA) is 26.3 Å². The molecule has 0 amide bonds. The lowest BCUT2D eigenvalue weighted by atomic mass is 10.0. The molecule has 0 radical (unpaired) electrons. The maximum atomic E-state index is 11.9. The van der Waals surface area contributed by atoms with Crippen molar-refractivity contribution in [2.45, 2.75) is 19.8 Å². The molecule has 0 N–H and O–H groups in total. The molecule has 1 aliphatic carbocycles. The molecule has 0 bridgehead atoms. The Balaban J connectivity index is 2.43. The number of rotatable bonds is 3. The zero-order valence-electron chi connectivity index (χ0n) is 8.84. The summed E-state index contributed by atoms with van der Waals surface area (Å²) in [6.07, 6.45) is 2.01. The summed E-state index contributed by atoms with van der Waals surface area (Å²) >= 11 is 5.97. The molecule has 0 atom stereocenters. The number of hydrogen-bond donors (Lipinski definition) is 0. The second-order valence-electron chi connectivity index (χ2n) is 3.94. The monoisotopic (exact) mass is 224 g/mol. The van der Waals surface area contributed by atoms with Crippen molar-refractivity contribution >= 4 is 17.4 Å². The van der Waals surface area contributed by atoms with Gasteiger partial charge in [0.1, 0.15) is 5.75 Å². The number of halogens is 1. The predicted octanol–water partition coefficient (Wildman–Crippen LogP) is 3.25. The quantitative estimate of drug-likeness (QED) is 0.737. The van der Waals surface area contributed by atoms with Crippen LogP contribution in [0.5, 0.6) is 5.75 Å². The number of ether oxygens (including phenoxy) is 1. The van der Waals surface area contributed by atoms with Crippen LogP contribution in [0.25, 0.3) is 0 Å².